The van der Waals surface area contributed by atoms with Crippen LogP contribution >= 0.6 is 0 Å². The normalized spacial score (nSPS) is 15.4. The number of nitrogens with zero attached hydrogens (tertiary/aromatic N) is 1. The third-order valence-corrected chi connectivity index (χ3v) is 7.83. The van der Waals surface area contributed by atoms with Crippen LogP contribution in [0.25, 0.3) is 0 Å². The van der Waals surface area contributed by atoms with Gasteiger partial charge in [-0.25, -0.2) is 8.42 Å². The molecule has 1 amide bonds. The number of nitrogens with one attached hydrogen (secondary N) is 1. The van der Waals surface area contributed by atoms with E-state index in [0.717, 1.165) is 24.0 Å². The van der Waals surface area contributed by atoms with E-state index in [1.54, 1.807) is 24.3 Å². The number of amides is 1. The molecular formula is C28H32N2O4S. The van der Waals surface area contributed by atoms with E-state index in [0.29, 0.717) is 31.0 Å². The highest BCUT2D eigenvalue weighted by Crippen LogP contribution is 2.34. The van der Waals surface area contributed by atoms with Crippen LogP contribution in [0.15, 0.2) is 78.9 Å². The number of ether oxygens (including phenoxy) is 1. The molecule has 1 fully saturated rings. The second kappa shape index (κ2) is 10.6. The molecule has 35 heavy (non-hydrogen) atoms. The van der Waals surface area contributed by atoms with Crippen LogP contribution < -0.4 is 9.62 Å². The van der Waals surface area contributed by atoms with Crippen LogP contribution in [0.3, 0.4) is 0 Å². The summed E-state index contributed by atoms with van der Waals surface area (Å²) in [6, 6.07) is 24.8. The third-order valence-electron chi connectivity index (χ3n) is 6.69. The molecule has 0 unspecified atom stereocenters. The smallest absolute Gasteiger partial charge is 0.251 e. The Labute approximate surface area is 208 Å². The van der Waals surface area contributed by atoms with Crippen LogP contribution in [-0.2, 0) is 26.7 Å². The number of carbonyl (C=O) groups is 1. The van der Waals surface area contributed by atoms with Crippen molar-refractivity contribution < 1.29 is 17.9 Å². The molecule has 4 rings (SSSR count). The van der Waals surface area contributed by atoms with Gasteiger partial charge in [0.2, 0.25) is 10.0 Å². The summed E-state index contributed by atoms with van der Waals surface area (Å²) in [5, 5.41) is 3.11. The number of anilines is 1. The van der Waals surface area contributed by atoms with Crippen molar-refractivity contribution in [1.29, 1.82) is 0 Å². The molecule has 0 aromatic heterocycles. The van der Waals surface area contributed by atoms with Gasteiger partial charge in [-0.2, -0.15) is 0 Å². The molecule has 1 aliphatic rings. The summed E-state index contributed by atoms with van der Waals surface area (Å²) in [5.41, 5.74) is 4.08. The van der Waals surface area contributed by atoms with Crippen LogP contribution in [0.1, 0.15) is 39.9 Å². The predicted octanol–water partition coefficient (Wildman–Crippen LogP) is 4.44. The minimum Gasteiger partial charge on any atom is -0.381 e. The number of carbonyl (C=O) groups excluding carboxylic acids is 1. The van der Waals surface area contributed by atoms with Gasteiger partial charge in [-0.05, 0) is 55.2 Å². The first-order valence-corrected chi connectivity index (χ1v) is 13.7. The lowest BCUT2D eigenvalue weighted by Gasteiger charge is -2.38. The zero-order chi connectivity index (χ0) is 24.9. The molecule has 184 valence electrons. The first-order valence-electron chi connectivity index (χ1n) is 11.8. The minimum absolute atomic E-state index is 0.157. The lowest BCUT2D eigenvalue weighted by Crippen LogP contribution is -2.44. The first-order chi connectivity index (χ1) is 16.8. The molecule has 0 aliphatic carbocycles. The van der Waals surface area contributed by atoms with Crippen LogP contribution in [0.4, 0.5) is 5.69 Å². The maximum Gasteiger partial charge on any atom is 0.251 e. The van der Waals surface area contributed by atoms with Crippen molar-refractivity contribution in [1.82, 2.24) is 5.32 Å². The van der Waals surface area contributed by atoms with E-state index in [1.807, 2.05) is 49.4 Å². The average molecular weight is 493 g/mol. The van der Waals surface area contributed by atoms with E-state index in [-0.39, 0.29) is 17.9 Å². The Bertz CT molecular complexity index is 1230. The van der Waals surface area contributed by atoms with E-state index in [4.69, 9.17) is 4.74 Å². The second-order valence-corrected chi connectivity index (χ2v) is 11.2. The molecule has 1 N–H and O–H groups in total. The highest BCUT2D eigenvalue weighted by atomic mass is 32.2. The fourth-order valence-corrected chi connectivity index (χ4v) is 5.40. The molecule has 7 heteroatoms. The van der Waals surface area contributed by atoms with Gasteiger partial charge in [-0.1, -0.05) is 60.2 Å². The first kappa shape index (κ1) is 24.9. The SMILES string of the molecule is Cc1ccc(CN(c2ccc(C(=O)NCC3(c4ccccc4)CCOCC3)cc2)S(C)(=O)=O)cc1. The van der Waals surface area contributed by atoms with Gasteiger partial charge in [0.1, 0.15) is 0 Å². The highest BCUT2D eigenvalue weighted by Gasteiger charge is 2.34. The third kappa shape index (κ3) is 6.10. The minimum atomic E-state index is -3.50. The van der Waals surface area contributed by atoms with Gasteiger partial charge in [0.25, 0.3) is 5.91 Å². The fourth-order valence-electron chi connectivity index (χ4n) is 4.51. The number of sulfonamides is 1. The second-order valence-electron chi connectivity index (χ2n) is 9.24. The van der Waals surface area contributed by atoms with Crippen LogP contribution in [0.5, 0.6) is 0 Å². The average Bonchev–Trinajstić information content (AvgIpc) is 2.87. The van der Waals surface area contributed by atoms with Gasteiger partial charge in [0, 0.05) is 30.7 Å². The monoisotopic (exact) mass is 492 g/mol. The van der Waals surface area contributed by atoms with Gasteiger partial charge in [0.05, 0.1) is 18.5 Å². The van der Waals surface area contributed by atoms with E-state index in [1.165, 1.54) is 16.1 Å². The number of aryl methyl sites for hydroxylation is 1. The molecular weight excluding hydrogens is 460 g/mol. The summed E-state index contributed by atoms with van der Waals surface area (Å²) in [6.45, 7) is 4.07. The Kier molecular flexibility index (Phi) is 7.57. The highest BCUT2D eigenvalue weighted by molar-refractivity contribution is 7.92. The van der Waals surface area contributed by atoms with Gasteiger partial charge in [-0.15, -0.1) is 0 Å². The Morgan fingerprint density at radius 2 is 1.57 bits per heavy atom. The quantitative estimate of drug-likeness (QED) is 0.505. The fraction of sp³-hybridized carbons (Fsp3) is 0.321. The van der Waals surface area contributed by atoms with Crippen molar-refractivity contribution in [2.24, 2.45) is 0 Å². The standard InChI is InChI=1S/C28H32N2O4S/c1-22-8-10-23(11-9-22)20-30(35(2,32)33)26-14-12-24(13-15-26)27(31)29-21-28(16-18-34-19-17-28)25-6-4-3-5-7-25/h3-15H,16-21H2,1-2H3,(H,29,31). The van der Waals surface area contributed by atoms with Gasteiger partial charge in [0.15, 0.2) is 0 Å². The lowest BCUT2D eigenvalue weighted by atomic mass is 9.74. The van der Waals surface area contributed by atoms with E-state index < -0.39 is 10.0 Å². The lowest BCUT2D eigenvalue weighted by molar-refractivity contribution is 0.0487. The van der Waals surface area contributed by atoms with Crippen molar-refractivity contribution in [3.63, 3.8) is 0 Å². The molecule has 0 atom stereocenters. The van der Waals surface area contributed by atoms with Crippen LogP contribution in [-0.4, -0.2) is 40.3 Å². The maximum absolute atomic E-state index is 13.0. The maximum atomic E-state index is 13.0. The summed E-state index contributed by atoms with van der Waals surface area (Å²) in [4.78, 5) is 13.0. The molecule has 3 aromatic carbocycles. The molecule has 3 aromatic rings. The summed E-state index contributed by atoms with van der Waals surface area (Å²) >= 11 is 0. The van der Waals surface area contributed by atoms with Crippen LogP contribution in [0.2, 0.25) is 0 Å². The summed E-state index contributed by atoms with van der Waals surface area (Å²) < 4.78 is 31.9. The number of benzene rings is 3. The zero-order valence-corrected chi connectivity index (χ0v) is 21.1. The topological polar surface area (TPSA) is 75.7 Å². The van der Waals surface area contributed by atoms with Gasteiger partial charge >= 0.3 is 0 Å². The predicted molar refractivity (Wildman–Crippen MR) is 139 cm³/mol. The molecule has 1 heterocycles. The number of hydrogen-bond donors (Lipinski definition) is 1. The molecule has 0 spiro atoms. The number of rotatable bonds is 8. The molecule has 6 nitrogen and oxygen atoms in total. The Hall–Kier alpha value is -3.16. The summed E-state index contributed by atoms with van der Waals surface area (Å²) in [7, 11) is -3.50. The largest absolute Gasteiger partial charge is 0.381 e. The van der Waals surface area contributed by atoms with Crippen molar-refractivity contribution in [2.75, 3.05) is 30.3 Å². The Morgan fingerprint density at radius 1 is 0.943 bits per heavy atom. The molecule has 0 bridgehead atoms. The van der Waals surface area contributed by atoms with E-state index >= 15 is 0 Å². The van der Waals surface area contributed by atoms with E-state index in [2.05, 4.69) is 17.4 Å². The molecule has 0 radical (unpaired) electrons. The zero-order valence-electron chi connectivity index (χ0n) is 20.2. The molecule has 1 aliphatic heterocycles. The summed E-state index contributed by atoms with van der Waals surface area (Å²) in [5.74, 6) is -0.178. The van der Waals surface area contributed by atoms with Crippen molar-refractivity contribution in [3.05, 3.63) is 101 Å². The number of hydrogen-bond acceptors (Lipinski definition) is 4. The Morgan fingerprint density at radius 3 is 2.17 bits per heavy atom. The van der Waals surface area contributed by atoms with Crippen LogP contribution in [0, 0.1) is 6.92 Å². The Balaban J connectivity index is 1.48. The van der Waals surface area contributed by atoms with Gasteiger partial charge in [-0.3, -0.25) is 9.10 Å². The molecule has 1 saturated heterocycles. The van der Waals surface area contributed by atoms with Gasteiger partial charge < -0.3 is 10.1 Å². The van der Waals surface area contributed by atoms with Crippen molar-refractivity contribution in [2.45, 2.75) is 31.7 Å². The van der Waals surface area contributed by atoms with Crippen molar-refractivity contribution >= 4 is 21.6 Å². The van der Waals surface area contributed by atoms with Crippen molar-refractivity contribution in [3.8, 4) is 0 Å². The molecule has 0 saturated carbocycles. The summed E-state index contributed by atoms with van der Waals surface area (Å²) in [6.07, 6.45) is 2.88. The van der Waals surface area contributed by atoms with E-state index in [9.17, 15) is 13.2 Å².